The molecule has 0 aromatic heterocycles. The molecule has 2 aromatic carbocycles. The van der Waals surface area contributed by atoms with Crippen LogP contribution < -0.4 is 14.8 Å². The SMILES string of the molecule is COc1ccc(C(=O)OCC(=O)Nc2ccc([N+](=O)[O-])cc2)cc1OC. The third-order valence-corrected chi connectivity index (χ3v) is 3.32. The Morgan fingerprint density at radius 2 is 1.69 bits per heavy atom. The van der Waals surface area contributed by atoms with Crippen molar-refractivity contribution in [1.29, 1.82) is 0 Å². The molecule has 136 valence electrons. The quantitative estimate of drug-likeness (QED) is 0.458. The number of rotatable bonds is 7. The summed E-state index contributed by atoms with van der Waals surface area (Å²) in [5.41, 5.74) is 0.455. The van der Waals surface area contributed by atoms with E-state index in [1.807, 2.05) is 0 Å². The number of nitrogens with zero attached hydrogens (tertiary/aromatic N) is 1. The normalized spacial score (nSPS) is 9.92. The molecule has 0 atom stereocenters. The number of non-ortho nitro benzene ring substituents is 1. The minimum absolute atomic E-state index is 0.0946. The maximum atomic E-state index is 12.0. The second kappa shape index (κ2) is 8.47. The molecular formula is C17H16N2O7. The number of amides is 1. The molecule has 9 heteroatoms. The molecule has 9 nitrogen and oxygen atoms in total. The predicted octanol–water partition coefficient (Wildman–Crippen LogP) is 2.41. The number of nitrogens with one attached hydrogen (secondary N) is 1. The summed E-state index contributed by atoms with van der Waals surface area (Å²) in [5.74, 6) is -0.463. The van der Waals surface area contributed by atoms with Crippen LogP contribution in [0.2, 0.25) is 0 Å². The van der Waals surface area contributed by atoms with Crippen molar-refractivity contribution in [3.05, 3.63) is 58.1 Å². The van der Waals surface area contributed by atoms with E-state index in [1.54, 1.807) is 6.07 Å². The zero-order valence-electron chi connectivity index (χ0n) is 14.1. The molecule has 0 aliphatic carbocycles. The standard InChI is InChI=1S/C17H16N2O7/c1-24-14-8-3-11(9-15(14)25-2)17(21)26-10-16(20)18-12-4-6-13(7-5-12)19(22)23/h3-9H,10H2,1-2H3,(H,18,20). The number of ether oxygens (including phenoxy) is 3. The van der Waals surface area contributed by atoms with E-state index in [4.69, 9.17) is 14.2 Å². The predicted molar refractivity (Wildman–Crippen MR) is 91.6 cm³/mol. The van der Waals surface area contributed by atoms with Gasteiger partial charge in [-0.2, -0.15) is 0 Å². The summed E-state index contributed by atoms with van der Waals surface area (Å²) in [6.07, 6.45) is 0. The molecule has 0 bridgehead atoms. The van der Waals surface area contributed by atoms with Crippen LogP contribution in [0.3, 0.4) is 0 Å². The first kappa shape index (κ1) is 18.7. The van der Waals surface area contributed by atoms with Gasteiger partial charge < -0.3 is 19.5 Å². The summed E-state index contributed by atoms with van der Waals surface area (Å²) in [6, 6.07) is 9.74. The van der Waals surface area contributed by atoms with Crippen LogP contribution in [0.1, 0.15) is 10.4 Å². The summed E-state index contributed by atoms with van der Waals surface area (Å²) in [7, 11) is 2.91. The van der Waals surface area contributed by atoms with Crippen LogP contribution >= 0.6 is 0 Å². The van der Waals surface area contributed by atoms with Crippen molar-refractivity contribution in [2.45, 2.75) is 0 Å². The van der Waals surface area contributed by atoms with E-state index in [-0.39, 0.29) is 11.3 Å². The number of benzene rings is 2. The van der Waals surface area contributed by atoms with Gasteiger partial charge in [0, 0.05) is 17.8 Å². The Hall–Kier alpha value is -3.62. The molecular weight excluding hydrogens is 344 g/mol. The number of anilines is 1. The molecule has 0 heterocycles. The van der Waals surface area contributed by atoms with E-state index in [9.17, 15) is 19.7 Å². The maximum Gasteiger partial charge on any atom is 0.338 e. The molecule has 26 heavy (non-hydrogen) atoms. The van der Waals surface area contributed by atoms with Gasteiger partial charge in [-0.25, -0.2) is 4.79 Å². The fraction of sp³-hybridized carbons (Fsp3) is 0.176. The van der Waals surface area contributed by atoms with Gasteiger partial charge in [-0.1, -0.05) is 0 Å². The number of carbonyl (C=O) groups excluding carboxylic acids is 2. The molecule has 2 rings (SSSR count). The highest BCUT2D eigenvalue weighted by atomic mass is 16.6. The monoisotopic (exact) mass is 360 g/mol. The fourth-order valence-electron chi connectivity index (χ4n) is 2.04. The lowest BCUT2D eigenvalue weighted by Gasteiger charge is -2.10. The van der Waals surface area contributed by atoms with E-state index >= 15 is 0 Å². The van der Waals surface area contributed by atoms with Crippen LogP contribution in [0.5, 0.6) is 11.5 Å². The number of esters is 1. The zero-order chi connectivity index (χ0) is 19.1. The van der Waals surface area contributed by atoms with Crippen molar-refractivity contribution in [2.75, 3.05) is 26.1 Å². The maximum absolute atomic E-state index is 12.0. The molecule has 0 unspecified atom stereocenters. The second-order valence-electron chi connectivity index (χ2n) is 5.00. The lowest BCUT2D eigenvalue weighted by Crippen LogP contribution is -2.20. The van der Waals surface area contributed by atoms with E-state index in [0.29, 0.717) is 17.2 Å². The van der Waals surface area contributed by atoms with Crippen molar-refractivity contribution in [2.24, 2.45) is 0 Å². The Morgan fingerprint density at radius 3 is 2.27 bits per heavy atom. The number of carbonyl (C=O) groups is 2. The van der Waals surface area contributed by atoms with Gasteiger partial charge in [0.15, 0.2) is 18.1 Å². The van der Waals surface area contributed by atoms with Crippen LogP contribution in [0, 0.1) is 10.1 Å². The average Bonchev–Trinajstić information content (AvgIpc) is 2.65. The molecule has 0 saturated carbocycles. The van der Waals surface area contributed by atoms with Gasteiger partial charge in [0.1, 0.15) is 0 Å². The topological polar surface area (TPSA) is 117 Å². The summed E-state index contributed by atoms with van der Waals surface area (Å²) in [5, 5.41) is 13.0. The third-order valence-electron chi connectivity index (χ3n) is 3.32. The largest absolute Gasteiger partial charge is 0.493 e. The molecule has 0 fully saturated rings. The van der Waals surface area contributed by atoms with Crippen molar-refractivity contribution in [3.63, 3.8) is 0 Å². The first-order valence-electron chi connectivity index (χ1n) is 7.38. The van der Waals surface area contributed by atoms with Crippen LogP contribution in [0.4, 0.5) is 11.4 Å². The van der Waals surface area contributed by atoms with Crippen molar-refractivity contribution in [3.8, 4) is 11.5 Å². The number of nitro benzene ring substituents is 1. The van der Waals surface area contributed by atoms with Crippen molar-refractivity contribution in [1.82, 2.24) is 0 Å². The minimum atomic E-state index is -0.704. The summed E-state index contributed by atoms with van der Waals surface area (Å²) >= 11 is 0. The first-order valence-corrected chi connectivity index (χ1v) is 7.38. The van der Waals surface area contributed by atoms with E-state index < -0.39 is 23.4 Å². The van der Waals surface area contributed by atoms with Gasteiger partial charge in [0.25, 0.3) is 11.6 Å². The lowest BCUT2D eigenvalue weighted by molar-refractivity contribution is -0.384. The molecule has 1 amide bonds. The van der Waals surface area contributed by atoms with Crippen molar-refractivity contribution < 1.29 is 28.7 Å². The van der Waals surface area contributed by atoms with Crippen molar-refractivity contribution >= 4 is 23.3 Å². The molecule has 2 aromatic rings. The van der Waals surface area contributed by atoms with Gasteiger partial charge >= 0.3 is 5.97 Å². The highest BCUT2D eigenvalue weighted by Crippen LogP contribution is 2.27. The van der Waals surface area contributed by atoms with Gasteiger partial charge in [-0.05, 0) is 30.3 Å². The number of methoxy groups -OCH3 is 2. The summed E-state index contributed by atoms with van der Waals surface area (Å²) < 4.78 is 15.1. The smallest absolute Gasteiger partial charge is 0.338 e. The molecule has 0 radical (unpaired) electrons. The molecule has 1 N–H and O–H groups in total. The minimum Gasteiger partial charge on any atom is -0.493 e. The molecule has 0 spiro atoms. The number of hydrogen-bond donors (Lipinski definition) is 1. The molecule has 0 saturated heterocycles. The fourth-order valence-corrected chi connectivity index (χ4v) is 2.04. The van der Waals surface area contributed by atoms with E-state index in [2.05, 4.69) is 5.32 Å². The van der Waals surface area contributed by atoms with Gasteiger partial charge in [-0.3, -0.25) is 14.9 Å². The van der Waals surface area contributed by atoms with E-state index in [0.717, 1.165) is 0 Å². The summed E-state index contributed by atoms with van der Waals surface area (Å²) in [4.78, 5) is 33.9. The second-order valence-corrected chi connectivity index (χ2v) is 5.00. The Kier molecular flexibility index (Phi) is 6.10. The molecule has 0 aliphatic rings. The number of hydrogen-bond acceptors (Lipinski definition) is 7. The number of nitro groups is 1. The van der Waals surface area contributed by atoms with Crippen LogP contribution in [0.15, 0.2) is 42.5 Å². The third kappa shape index (κ3) is 4.69. The zero-order valence-corrected chi connectivity index (χ0v) is 14.1. The van der Waals surface area contributed by atoms with Gasteiger partial charge in [0.2, 0.25) is 0 Å². The Balaban J connectivity index is 1.92. The van der Waals surface area contributed by atoms with Crippen LogP contribution in [-0.2, 0) is 9.53 Å². The molecule has 0 aliphatic heterocycles. The summed E-state index contributed by atoms with van der Waals surface area (Å²) in [6.45, 7) is -0.510. The van der Waals surface area contributed by atoms with Gasteiger partial charge in [-0.15, -0.1) is 0 Å². The highest BCUT2D eigenvalue weighted by Gasteiger charge is 2.14. The van der Waals surface area contributed by atoms with E-state index in [1.165, 1.54) is 50.6 Å². The average molecular weight is 360 g/mol. The lowest BCUT2D eigenvalue weighted by atomic mass is 10.2. The highest BCUT2D eigenvalue weighted by molar-refractivity contribution is 5.95. The first-order chi connectivity index (χ1) is 12.4. The van der Waals surface area contributed by atoms with Gasteiger partial charge in [0.05, 0.1) is 24.7 Å². The van der Waals surface area contributed by atoms with Crippen LogP contribution in [0.25, 0.3) is 0 Å². The Labute approximate surface area is 148 Å². The van der Waals surface area contributed by atoms with Crippen LogP contribution in [-0.4, -0.2) is 37.6 Å². The Bertz CT molecular complexity index is 818. The Morgan fingerprint density at radius 1 is 1.04 bits per heavy atom.